The third kappa shape index (κ3) is 6.32. The molecule has 0 spiro atoms. The van der Waals surface area contributed by atoms with Crippen LogP contribution in [0.1, 0.15) is 61.6 Å². The van der Waals surface area contributed by atoms with Crippen LogP contribution >= 0.6 is 0 Å². The molecule has 0 N–H and O–H groups in total. The van der Waals surface area contributed by atoms with E-state index in [-0.39, 0.29) is 41.6 Å². The van der Waals surface area contributed by atoms with E-state index in [2.05, 4.69) is 4.99 Å². The van der Waals surface area contributed by atoms with E-state index in [4.69, 9.17) is 18.9 Å². The second kappa shape index (κ2) is 11.2. The van der Waals surface area contributed by atoms with Crippen molar-refractivity contribution in [3.05, 3.63) is 46.6 Å². The third-order valence-electron chi connectivity index (χ3n) is 7.02. The first-order chi connectivity index (χ1) is 17.9. The highest BCUT2D eigenvalue weighted by atomic mass is 19.4. The molecule has 11 heteroatoms. The summed E-state index contributed by atoms with van der Waals surface area (Å²) in [6.45, 7) is 7.80. The van der Waals surface area contributed by atoms with Gasteiger partial charge in [-0.15, -0.1) is 0 Å². The minimum Gasteiger partial charge on any atom is -0.490 e. The summed E-state index contributed by atoms with van der Waals surface area (Å²) in [6, 6.07) is 4.65. The molecule has 1 aromatic heterocycles. The molecule has 0 radical (unpaired) electrons. The number of hydrogen-bond donors (Lipinski definition) is 0. The Morgan fingerprint density at radius 2 is 1.89 bits per heavy atom. The van der Waals surface area contributed by atoms with Gasteiger partial charge in [0.1, 0.15) is 18.5 Å². The molecule has 210 valence electrons. The zero-order valence-corrected chi connectivity index (χ0v) is 22.5. The number of ether oxygens (including phenoxy) is 4. The van der Waals surface area contributed by atoms with Crippen molar-refractivity contribution in [2.45, 2.75) is 76.5 Å². The predicted octanol–water partition coefficient (Wildman–Crippen LogP) is 4.25. The molecule has 2 aromatic rings. The van der Waals surface area contributed by atoms with Crippen molar-refractivity contribution in [3.63, 3.8) is 0 Å². The lowest BCUT2D eigenvalue weighted by Crippen LogP contribution is -2.30. The smallest absolute Gasteiger partial charge is 0.416 e. The molecule has 0 aliphatic carbocycles. The van der Waals surface area contributed by atoms with Gasteiger partial charge in [0.25, 0.3) is 5.91 Å². The van der Waals surface area contributed by atoms with E-state index in [1.165, 1.54) is 0 Å². The largest absolute Gasteiger partial charge is 0.490 e. The van der Waals surface area contributed by atoms with Crippen molar-refractivity contribution in [1.82, 2.24) is 9.36 Å². The maximum Gasteiger partial charge on any atom is 0.416 e. The molecule has 1 amide bonds. The Morgan fingerprint density at radius 3 is 2.53 bits per heavy atom. The Kier molecular flexibility index (Phi) is 8.39. The van der Waals surface area contributed by atoms with E-state index in [1.54, 1.807) is 13.2 Å². The van der Waals surface area contributed by atoms with E-state index in [9.17, 15) is 18.0 Å². The number of benzene rings is 1. The number of methoxy groups -OCH3 is 1. The predicted molar refractivity (Wildman–Crippen MR) is 133 cm³/mol. The standard InChI is InChI=1S/C27H36F3N3O5/c1-26(2,3)23-14-24(33(32(23)4)15-18-7-6-11-36-18)31-25(34)19-13-17(27(28,29)30)8-9-20(19)38-16-22-21(35-5)10-12-37-22/h8-9,13-14,18,21-22H,6-7,10-12,15-16H2,1-5H3/b31-24+/t18-,21+,22-/m1/s1. The van der Waals surface area contributed by atoms with Crippen molar-refractivity contribution in [2.75, 3.05) is 26.9 Å². The summed E-state index contributed by atoms with van der Waals surface area (Å²) in [7, 11) is 3.45. The van der Waals surface area contributed by atoms with Crippen LogP contribution in [0.25, 0.3) is 0 Å². The van der Waals surface area contributed by atoms with Crippen LogP contribution < -0.4 is 10.2 Å². The average molecular weight is 540 g/mol. The van der Waals surface area contributed by atoms with Crippen molar-refractivity contribution < 1.29 is 36.9 Å². The van der Waals surface area contributed by atoms with E-state index < -0.39 is 17.6 Å². The van der Waals surface area contributed by atoms with Crippen LogP contribution in [0.5, 0.6) is 5.75 Å². The number of alkyl halides is 3. The quantitative estimate of drug-likeness (QED) is 0.526. The van der Waals surface area contributed by atoms with Gasteiger partial charge >= 0.3 is 6.18 Å². The lowest BCUT2D eigenvalue weighted by molar-refractivity contribution is -0.137. The summed E-state index contributed by atoms with van der Waals surface area (Å²) in [5, 5.41) is 0. The number of hydrogen-bond acceptors (Lipinski definition) is 5. The molecule has 8 nitrogen and oxygen atoms in total. The molecule has 3 heterocycles. The summed E-state index contributed by atoms with van der Waals surface area (Å²) >= 11 is 0. The topological polar surface area (TPSA) is 76.2 Å². The number of amides is 1. The summed E-state index contributed by atoms with van der Waals surface area (Å²) in [4.78, 5) is 17.8. The van der Waals surface area contributed by atoms with Crippen LogP contribution in [0, 0.1) is 0 Å². The van der Waals surface area contributed by atoms with Gasteiger partial charge in [-0.3, -0.25) is 14.2 Å². The summed E-state index contributed by atoms with van der Waals surface area (Å²) < 4.78 is 67.1. The van der Waals surface area contributed by atoms with E-state index in [0.29, 0.717) is 31.7 Å². The monoisotopic (exact) mass is 539 g/mol. The lowest BCUT2D eigenvalue weighted by Gasteiger charge is -2.21. The number of carbonyl (C=O) groups is 1. The maximum atomic E-state index is 13.6. The van der Waals surface area contributed by atoms with Gasteiger partial charge in [-0.2, -0.15) is 18.2 Å². The van der Waals surface area contributed by atoms with Crippen molar-refractivity contribution in [2.24, 2.45) is 12.0 Å². The molecule has 0 unspecified atom stereocenters. The van der Waals surface area contributed by atoms with E-state index in [0.717, 1.165) is 36.7 Å². The normalized spacial score (nSPS) is 22.8. The average Bonchev–Trinajstić information content (AvgIpc) is 3.59. The number of nitrogens with zero attached hydrogens (tertiary/aromatic N) is 3. The van der Waals surface area contributed by atoms with E-state index in [1.807, 2.05) is 37.2 Å². The van der Waals surface area contributed by atoms with Gasteiger partial charge in [-0.05, 0) is 37.5 Å². The molecule has 1 aromatic carbocycles. The first kappa shape index (κ1) is 28.4. The van der Waals surface area contributed by atoms with E-state index >= 15 is 0 Å². The van der Waals surface area contributed by atoms with Crippen LogP contribution in [0.4, 0.5) is 13.2 Å². The highest BCUT2D eigenvalue weighted by Gasteiger charge is 2.33. The summed E-state index contributed by atoms with van der Waals surface area (Å²) in [6.07, 6.45) is -2.72. The Hall–Kier alpha value is -2.63. The van der Waals surface area contributed by atoms with Gasteiger partial charge in [-0.25, -0.2) is 0 Å². The summed E-state index contributed by atoms with van der Waals surface area (Å²) in [5.74, 6) is -0.816. The highest BCUT2D eigenvalue weighted by molar-refractivity contribution is 5.97. The second-order valence-electron chi connectivity index (χ2n) is 10.8. The van der Waals surface area contributed by atoms with Gasteiger partial charge in [0.2, 0.25) is 0 Å². The molecule has 2 aliphatic heterocycles. The molecule has 0 saturated carbocycles. The van der Waals surface area contributed by atoms with Crippen LogP contribution in [-0.4, -0.2) is 60.5 Å². The molecule has 3 atom stereocenters. The minimum absolute atomic E-state index is 0.00903. The van der Waals surface area contributed by atoms with Gasteiger partial charge in [0.05, 0.1) is 29.9 Å². The first-order valence-electron chi connectivity index (χ1n) is 12.8. The van der Waals surface area contributed by atoms with Gasteiger partial charge in [-0.1, -0.05) is 20.8 Å². The second-order valence-corrected chi connectivity index (χ2v) is 10.8. The maximum absolute atomic E-state index is 13.6. The Bertz CT molecular complexity index is 1210. The fraction of sp³-hybridized carbons (Fsp3) is 0.630. The fourth-order valence-corrected chi connectivity index (χ4v) is 4.95. The number of carbonyl (C=O) groups excluding carboxylic acids is 1. The highest BCUT2D eigenvalue weighted by Crippen LogP contribution is 2.33. The molecule has 0 bridgehead atoms. The van der Waals surface area contributed by atoms with Gasteiger partial charge in [0.15, 0.2) is 5.49 Å². The number of aromatic nitrogens is 2. The first-order valence-corrected chi connectivity index (χ1v) is 12.8. The van der Waals surface area contributed by atoms with Crippen molar-refractivity contribution >= 4 is 5.91 Å². The number of halogens is 3. The molecule has 2 fully saturated rings. The minimum atomic E-state index is -4.63. The zero-order valence-electron chi connectivity index (χ0n) is 22.5. The van der Waals surface area contributed by atoms with Crippen LogP contribution in [-0.2, 0) is 39.4 Å². The van der Waals surface area contributed by atoms with Crippen LogP contribution in [0.15, 0.2) is 29.3 Å². The molecule has 4 rings (SSSR count). The van der Waals surface area contributed by atoms with Crippen molar-refractivity contribution in [3.8, 4) is 5.75 Å². The third-order valence-corrected chi connectivity index (χ3v) is 7.02. The van der Waals surface area contributed by atoms with Crippen LogP contribution in [0.2, 0.25) is 0 Å². The summed E-state index contributed by atoms with van der Waals surface area (Å²) in [5.41, 5.74) is -0.206. The molecule has 38 heavy (non-hydrogen) atoms. The molecular weight excluding hydrogens is 503 g/mol. The fourth-order valence-electron chi connectivity index (χ4n) is 4.95. The zero-order chi connectivity index (χ0) is 27.7. The Labute approximate surface area is 220 Å². The Balaban J connectivity index is 1.72. The number of rotatable bonds is 7. The van der Waals surface area contributed by atoms with Gasteiger partial charge in [0, 0.05) is 44.5 Å². The molecule has 2 saturated heterocycles. The van der Waals surface area contributed by atoms with Crippen molar-refractivity contribution in [1.29, 1.82) is 0 Å². The molecular formula is C27H36F3N3O5. The Morgan fingerprint density at radius 1 is 1.13 bits per heavy atom. The van der Waals surface area contributed by atoms with Crippen LogP contribution in [0.3, 0.4) is 0 Å². The molecule has 2 aliphatic rings. The lowest BCUT2D eigenvalue weighted by atomic mass is 9.92. The SMILES string of the molecule is CO[C@H]1CCO[C@@H]1COc1ccc(C(F)(F)F)cc1C(=O)/N=c1\cc(C(C)(C)C)n(C)n1C[C@H]1CCCO1. The van der Waals surface area contributed by atoms with Gasteiger partial charge < -0.3 is 18.9 Å².